The molecule has 2 aromatic heterocycles. The van der Waals surface area contributed by atoms with Crippen LogP contribution in [0.25, 0.3) is 5.95 Å². The second kappa shape index (κ2) is 6.00. The first-order valence-corrected chi connectivity index (χ1v) is 7.13. The Morgan fingerprint density at radius 3 is 2.73 bits per heavy atom. The quantitative estimate of drug-likeness (QED) is 0.648. The summed E-state index contributed by atoms with van der Waals surface area (Å²) < 4.78 is 1.83. The van der Waals surface area contributed by atoms with Crippen molar-refractivity contribution in [1.82, 2.24) is 19.5 Å². The molecule has 2 heterocycles. The van der Waals surface area contributed by atoms with Gasteiger partial charge in [0.15, 0.2) is 0 Å². The van der Waals surface area contributed by atoms with Crippen LogP contribution < -0.4 is 0 Å². The summed E-state index contributed by atoms with van der Waals surface area (Å²) in [6.07, 6.45) is 3.57. The van der Waals surface area contributed by atoms with Crippen LogP contribution in [-0.2, 0) is 0 Å². The van der Waals surface area contributed by atoms with Crippen molar-refractivity contribution in [2.24, 2.45) is 0 Å². The van der Waals surface area contributed by atoms with Gasteiger partial charge in [0, 0.05) is 28.7 Å². The van der Waals surface area contributed by atoms with Crippen molar-refractivity contribution < 1.29 is 0 Å². The minimum atomic E-state index is 0.598. The van der Waals surface area contributed by atoms with Gasteiger partial charge in [0.05, 0.1) is 0 Å². The molecule has 0 saturated heterocycles. The Morgan fingerprint density at radius 1 is 1.09 bits per heavy atom. The molecular weight excluding hydrogens is 296 g/mol. The van der Waals surface area contributed by atoms with Gasteiger partial charge in [-0.15, -0.1) is 0 Å². The number of aromatic nitrogens is 4. The van der Waals surface area contributed by atoms with Gasteiger partial charge in [-0.05, 0) is 44.0 Å². The fourth-order valence-electron chi connectivity index (χ4n) is 1.99. The number of hydrogen-bond donors (Lipinski definition) is 0. The molecule has 108 valence electrons. The number of hydrogen-bond acceptors (Lipinski definition) is 3. The molecule has 0 aliphatic heterocycles. The van der Waals surface area contributed by atoms with Crippen molar-refractivity contribution in [3.63, 3.8) is 0 Å². The fraction of sp³-hybridized carbons (Fsp3) is 0.118. The zero-order valence-corrected chi connectivity index (χ0v) is 13.0. The normalized spacial score (nSPS) is 10.1. The lowest BCUT2D eigenvalue weighted by molar-refractivity contribution is 0.871. The summed E-state index contributed by atoms with van der Waals surface area (Å²) in [6.45, 7) is 3.83. The standard InChI is InChI=1S/C17H13ClN4/c1-12-8-9-19-17(20-12)22-11-16(21-13(22)2)7-6-14-4-3-5-15(18)10-14/h3-5,8-11H,1-2H3. The van der Waals surface area contributed by atoms with E-state index in [1.807, 2.05) is 54.9 Å². The minimum absolute atomic E-state index is 0.598. The van der Waals surface area contributed by atoms with Gasteiger partial charge < -0.3 is 0 Å². The predicted molar refractivity (Wildman–Crippen MR) is 86.1 cm³/mol. The van der Waals surface area contributed by atoms with E-state index in [0.717, 1.165) is 17.1 Å². The van der Waals surface area contributed by atoms with Crippen LogP contribution in [0.5, 0.6) is 0 Å². The minimum Gasteiger partial charge on any atom is -0.271 e. The van der Waals surface area contributed by atoms with E-state index in [2.05, 4.69) is 26.8 Å². The lowest BCUT2D eigenvalue weighted by Gasteiger charge is -2.02. The highest BCUT2D eigenvalue weighted by molar-refractivity contribution is 6.30. The summed E-state index contributed by atoms with van der Waals surface area (Å²) in [6, 6.07) is 9.28. The number of halogens is 1. The smallest absolute Gasteiger partial charge is 0.235 e. The highest BCUT2D eigenvalue weighted by Crippen LogP contribution is 2.11. The molecule has 5 heteroatoms. The zero-order valence-electron chi connectivity index (χ0n) is 12.2. The Labute approximate surface area is 133 Å². The zero-order chi connectivity index (χ0) is 15.5. The summed E-state index contributed by atoms with van der Waals surface area (Å²) in [5, 5.41) is 0.668. The molecule has 0 amide bonds. The number of rotatable bonds is 1. The third-order valence-electron chi connectivity index (χ3n) is 3.04. The Morgan fingerprint density at radius 2 is 1.95 bits per heavy atom. The van der Waals surface area contributed by atoms with Crippen LogP contribution in [0, 0.1) is 25.7 Å². The molecule has 0 aliphatic rings. The van der Waals surface area contributed by atoms with Crippen molar-refractivity contribution >= 4 is 11.6 Å². The first-order chi connectivity index (χ1) is 10.6. The van der Waals surface area contributed by atoms with E-state index in [-0.39, 0.29) is 0 Å². The van der Waals surface area contributed by atoms with Crippen LogP contribution in [-0.4, -0.2) is 19.5 Å². The predicted octanol–water partition coefficient (Wildman–Crippen LogP) is 3.33. The largest absolute Gasteiger partial charge is 0.271 e. The third kappa shape index (κ3) is 3.16. The second-order valence-corrected chi connectivity index (χ2v) is 5.24. The second-order valence-electron chi connectivity index (χ2n) is 4.80. The van der Waals surface area contributed by atoms with E-state index in [0.29, 0.717) is 16.7 Å². The van der Waals surface area contributed by atoms with Crippen LogP contribution in [0.4, 0.5) is 0 Å². The topological polar surface area (TPSA) is 43.6 Å². The van der Waals surface area contributed by atoms with Crippen LogP contribution in [0.3, 0.4) is 0 Å². The monoisotopic (exact) mass is 308 g/mol. The van der Waals surface area contributed by atoms with E-state index < -0.39 is 0 Å². The van der Waals surface area contributed by atoms with Gasteiger partial charge in [0.2, 0.25) is 5.95 Å². The molecule has 4 nitrogen and oxygen atoms in total. The van der Waals surface area contributed by atoms with E-state index in [4.69, 9.17) is 11.6 Å². The first-order valence-electron chi connectivity index (χ1n) is 6.75. The number of aryl methyl sites for hydroxylation is 2. The molecule has 1 aromatic carbocycles. The van der Waals surface area contributed by atoms with E-state index in [9.17, 15) is 0 Å². The van der Waals surface area contributed by atoms with Gasteiger partial charge in [-0.2, -0.15) is 0 Å². The van der Waals surface area contributed by atoms with Gasteiger partial charge in [0.25, 0.3) is 0 Å². The third-order valence-corrected chi connectivity index (χ3v) is 3.27. The summed E-state index contributed by atoms with van der Waals surface area (Å²) in [7, 11) is 0. The summed E-state index contributed by atoms with van der Waals surface area (Å²) >= 11 is 5.95. The van der Waals surface area contributed by atoms with Crippen molar-refractivity contribution in [2.45, 2.75) is 13.8 Å². The van der Waals surface area contributed by atoms with Gasteiger partial charge in [-0.3, -0.25) is 4.57 Å². The van der Waals surface area contributed by atoms with Crippen LogP contribution in [0.15, 0.2) is 42.7 Å². The molecule has 3 aromatic rings. The fourth-order valence-corrected chi connectivity index (χ4v) is 2.18. The van der Waals surface area contributed by atoms with Crippen LogP contribution in [0.2, 0.25) is 5.02 Å². The van der Waals surface area contributed by atoms with E-state index >= 15 is 0 Å². The van der Waals surface area contributed by atoms with Gasteiger partial charge in [0.1, 0.15) is 11.5 Å². The Bertz CT molecular complexity index is 887. The highest BCUT2D eigenvalue weighted by atomic mass is 35.5. The molecule has 0 fully saturated rings. The Balaban J connectivity index is 1.93. The molecule has 0 aliphatic carbocycles. The number of nitrogens with zero attached hydrogens (tertiary/aromatic N) is 4. The van der Waals surface area contributed by atoms with Crippen molar-refractivity contribution in [3.05, 3.63) is 70.5 Å². The lowest BCUT2D eigenvalue weighted by atomic mass is 10.2. The Hall–Kier alpha value is -2.64. The van der Waals surface area contributed by atoms with E-state index in [1.165, 1.54) is 0 Å². The van der Waals surface area contributed by atoms with Gasteiger partial charge >= 0.3 is 0 Å². The average Bonchev–Trinajstić information content (AvgIpc) is 2.86. The van der Waals surface area contributed by atoms with Crippen molar-refractivity contribution in [2.75, 3.05) is 0 Å². The van der Waals surface area contributed by atoms with Crippen LogP contribution in [0.1, 0.15) is 22.8 Å². The molecule has 0 bridgehead atoms. The van der Waals surface area contributed by atoms with Gasteiger partial charge in [-0.25, -0.2) is 15.0 Å². The number of benzene rings is 1. The SMILES string of the molecule is Cc1ccnc(-n2cc(C#Cc3cccc(Cl)c3)nc2C)n1. The number of imidazole rings is 1. The molecule has 3 rings (SSSR count). The maximum atomic E-state index is 5.95. The maximum absolute atomic E-state index is 5.95. The van der Waals surface area contributed by atoms with Crippen molar-refractivity contribution in [1.29, 1.82) is 0 Å². The van der Waals surface area contributed by atoms with Crippen LogP contribution >= 0.6 is 11.6 Å². The highest BCUT2D eigenvalue weighted by Gasteiger charge is 2.06. The summed E-state index contributed by atoms with van der Waals surface area (Å²) in [5.74, 6) is 7.48. The summed E-state index contributed by atoms with van der Waals surface area (Å²) in [5.41, 5.74) is 2.43. The molecule has 0 N–H and O–H groups in total. The molecular formula is C17H13ClN4. The van der Waals surface area contributed by atoms with E-state index in [1.54, 1.807) is 6.20 Å². The van der Waals surface area contributed by atoms with Gasteiger partial charge in [-0.1, -0.05) is 23.6 Å². The molecule has 0 radical (unpaired) electrons. The molecule has 0 unspecified atom stereocenters. The molecule has 0 atom stereocenters. The lowest BCUT2D eigenvalue weighted by Crippen LogP contribution is -2.02. The first kappa shape index (κ1) is 14.3. The molecule has 0 spiro atoms. The molecule has 0 saturated carbocycles. The molecule has 22 heavy (non-hydrogen) atoms. The average molecular weight is 309 g/mol. The Kier molecular flexibility index (Phi) is 3.90. The maximum Gasteiger partial charge on any atom is 0.235 e. The summed E-state index contributed by atoms with van der Waals surface area (Å²) in [4.78, 5) is 13.1. The van der Waals surface area contributed by atoms with Crippen molar-refractivity contribution in [3.8, 4) is 17.8 Å².